The van der Waals surface area contributed by atoms with Crippen LogP contribution in [0.25, 0.3) is 0 Å². The standard InChI is InChI=1S/C13H18FNO2/c1-13(2,14)10-6-9(4-3-5-15)12-11(7-10)16-8-17-12/h6-7H,3-5,8,15H2,1-2H3. The van der Waals surface area contributed by atoms with E-state index in [4.69, 9.17) is 15.2 Å². The molecule has 0 radical (unpaired) electrons. The van der Waals surface area contributed by atoms with Crippen molar-refractivity contribution in [2.45, 2.75) is 32.4 Å². The molecule has 0 bridgehead atoms. The molecule has 1 aliphatic rings. The molecule has 0 aromatic heterocycles. The summed E-state index contributed by atoms with van der Waals surface area (Å²) in [5.41, 5.74) is 5.72. The molecule has 1 aromatic rings. The third-order valence-corrected chi connectivity index (χ3v) is 2.89. The van der Waals surface area contributed by atoms with E-state index in [2.05, 4.69) is 0 Å². The van der Waals surface area contributed by atoms with Crippen molar-refractivity contribution in [2.24, 2.45) is 5.73 Å². The Bertz CT molecular complexity index is 413. The van der Waals surface area contributed by atoms with Crippen LogP contribution in [0.1, 0.15) is 31.4 Å². The molecular formula is C13H18FNO2. The summed E-state index contributed by atoms with van der Waals surface area (Å²) < 4.78 is 24.7. The van der Waals surface area contributed by atoms with E-state index in [-0.39, 0.29) is 6.79 Å². The first kappa shape index (κ1) is 12.2. The molecule has 0 atom stereocenters. The molecule has 0 saturated heterocycles. The Morgan fingerprint density at radius 1 is 1.35 bits per heavy atom. The average Bonchev–Trinajstić information content (AvgIpc) is 2.72. The maximum Gasteiger partial charge on any atom is 0.231 e. The topological polar surface area (TPSA) is 44.5 Å². The van der Waals surface area contributed by atoms with Crippen molar-refractivity contribution in [1.82, 2.24) is 0 Å². The van der Waals surface area contributed by atoms with E-state index in [0.29, 0.717) is 17.9 Å². The number of nitrogens with two attached hydrogens (primary N) is 1. The highest BCUT2D eigenvalue weighted by Gasteiger charge is 2.25. The summed E-state index contributed by atoms with van der Waals surface area (Å²) in [7, 11) is 0. The number of hydrogen-bond donors (Lipinski definition) is 1. The summed E-state index contributed by atoms with van der Waals surface area (Å²) in [5.74, 6) is 1.38. The molecule has 0 aliphatic carbocycles. The van der Waals surface area contributed by atoms with Crippen LogP contribution in [0.3, 0.4) is 0 Å². The van der Waals surface area contributed by atoms with Gasteiger partial charge in [0.25, 0.3) is 0 Å². The number of aryl methyl sites for hydroxylation is 1. The van der Waals surface area contributed by atoms with E-state index in [0.717, 1.165) is 24.2 Å². The first-order valence-corrected chi connectivity index (χ1v) is 5.84. The van der Waals surface area contributed by atoms with E-state index in [9.17, 15) is 4.39 Å². The second kappa shape index (κ2) is 4.53. The predicted octanol–water partition coefficient (Wildman–Crippen LogP) is 2.51. The first-order chi connectivity index (χ1) is 8.02. The number of halogens is 1. The number of rotatable bonds is 4. The molecule has 1 aromatic carbocycles. The van der Waals surface area contributed by atoms with Crippen molar-refractivity contribution in [2.75, 3.05) is 13.3 Å². The maximum atomic E-state index is 14.0. The smallest absolute Gasteiger partial charge is 0.231 e. The van der Waals surface area contributed by atoms with Gasteiger partial charge in [0.2, 0.25) is 6.79 Å². The molecule has 2 N–H and O–H groups in total. The molecular weight excluding hydrogens is 221 g/mol. The average molecular weight is 239 g/mol. The van der Waals surface area contributed by atoms with Crippen molar-refractivity contribution in [3.05, 3.63) is 23.3 Å². The third kappa shape index (κ3) is 2.52. The van der Waals surface area contributed by atoms with E-state index in [1.54, 1.807) is 6.07 Å². The summed E-state index contributed by atoms with van der Waals surface area (Å²) in [5, 5.41) is 0. The summed E-state index contributed by atoms with van der Waals surface area (Å²) >= 11 is 0. The largest absolute Gasteiger partial charge is 0.454 e. The van der Waals surface area contributed by atoms with Gasteiger partial charge in [0.05, 0.1) is 0 Å². The van der Waals surface area contributed by atoms with Crippen LogP contribution in [0.5, 0.6) is 11.5 Å². The van der Waals surface area contributed by atoms with Crippen LogP contribution in [-0.2, 0) is 12.1 Å². The number of alkyl halides is 1. The minimum Gasteiger partial charge on any atom is -0.454 e. The molecule has 0 saturated carbocycles. The van der Waals surface area contributed by atoms with Crippen molar-refractivity contribution in [3.63, 3.8) is 0 Å². The van der Waals surface area contributed by atoms with Crippen LogP contribution in [0.4, 0.5) is 4.39 Å². The monoisotopic (exact) mass is 239 g/mol. The number of fused-ring (bicyclic) bond motifs is 1. The van der Waals surface area contributed by atoms with Crippen LogP contribution >= 0.6 is 0 Å². The van der Waals surface area contributed by atoms with E-state index in [1.807, 2.05) is 6.07 Å². The van der Waals surface area contributed by atoms with Gasteiger partial charge in [-0.05, 0) is 56.5 Å². The molecule has 17 heavy (non-hydrogen) atoms. The van der Waals surface area contributed by atoms with Crippen LogP contribution in [0.15, 0.2) is 12.1 Å². The van der Waals surface area contributed by atoms with Gasteiger partial charge in [-0.2, -0.15) is 0 Å². The fourth-order valence-corrected chi connectivity index (χ4v) is 1.90. The van der Waals surface area contributed by atoms with Crippen molar-refractivity contribution in [3.8, 4) is 11.5 Å². The van der Waals surface area contributed by atoms with Gasteiger partial charge in [0.1, 0.15) is 5.67 Å². The van der Waals surface area contributed by atoms with Gasteiger partial charge in [0.15, 0.2) is 11.5 Å². The van der Waals surface area contributed by atoms with Gasteiger partial charge in [-0.1, -0.05) is 0 Å². The van der Waals surface area contributed by atoms with Crippen LogP contribution < -0.4 is 15.2 Å². The predicted molar refractivity (Wildman–Crippen MR) is 64.1 cm³/mol. The van der Waals surface area contributed by atoms with Crippen molar-refractivity contribution in [1.29, 1.82) is 0 Å². The van der Waals surface area contributed by atoms with Crippen LogP contribution in [0.2, 0.25) is 0 Å². The molecule has 0 fully saturated rings. The molecule has 1 aliphatic heterocycles. The quantitative estimate of drug-likeness (QED) is 0.878. The Morgan fingerprint density at radius 2 is 2.12 bits per heavy atom. The Kier molecular flexibility index (Phi) is 3.24. The number of ether oxygens (including phenoxy) is 2. The summed E-state index contributed by atoms with van der Waals surface area (Å²) in [6.45, 7) is 3.90. The summed E-state index contributed by atoms with van der Waals surface area (Å²) in [6, 6.07) is 3.57. The lowest BCUT2D eigenvalue weighted by molar-refractivity contribution is 0.173. The highest BCUT2D eigenvalue weighted by atomic mass is 19.1. The molecule has 1 heterocycles. The zero-order valence-electron chi connectivity index (χ0n) is 10.3. The summed E-state index contributed by atoms with van der Waals surface area (Å²) in [4.78, 5) is 0. The van der Waals surface area contributed by atoms with E-state index in [1.165, 1.54) is 13.8 Å². The van der Waals surface area contributed by atoms with E-state index < -0.39 is 5.67 Å². The minimum atomic E-state index is -1.38. The fraction of sp³-hybridized carbons (Fsp3) is 0.538. The van der Waals surface area contributed by atoms with Gasteiger partial charge in [0, 0.05) is 0 Å². The Balaban J connectivity index is 2.39. The van der Waals surface area contributed by atoms with Gasteiger partial charge in [-0.15, -0.1) is 0 Å². The van der Waals surface area contributed by atoms with Gasteiger partial charge in [-0.3, -0.25) is 0 Å². The van der Waals surface area contributed by atoms with Crippen molar-refractivity contribution < 1.29 is 13.9 Å². The minimum absolute atomic E-state index is 0.209. The zero-order valence-corrected chi connectivity index (χ0v) is 10.3. The highest BCUT2D eigenvalue weighted by Crippen LogP contribution is 2.40. The molecule has 0 amide bonds. The maximum absolute atomic E-state index is 14.0. The normalized spacial score (nSPS) is 14.1. The number of benzene rings is 1. The lowest BCUT2D eigenvalue weighted by Gasteiger charge is -2.17. The highest BCUT2D eigenvalue weighted by molar-refractivity contribution is 5.52. The van der Waals surface area contributed by atoms with Gasteiger partial charge >= 0.3 is 0 Å². The summed E-state index contributed by atoms with van der Waals surface area (Å²) in [6.07, 6.45) is 1.64. The fourth-order valence-electron chi connectivity index (χ4n) is 1.90. The Hall–Kier alpha value is -1.29. The second-order valence-corrected chi connectivity index (χ2v) is 4.73. The molecule has 94 valence electrons. The Labute approximate surface area is 101 Å². The van der Waals surface area contributed by atoms with Crippen molar-refractivity contribution >= 4 is 0 Å². The van der Waals surface area contributed by atoms with Crippen LogP contribution in [-0.4, -0.2) is 13.3 Å². The van der Waals surface area contributed by atoms with Crippen LogP contribution in [0, 0.1) is 0 Å². The van der Waals surface area contributed by atoms with Gasteiger partial charge < -0.3 is 15.2 Å². The Morgan fingerprint density at radius 3 is 2.76 bits per heavy atom. The SMILES string of the molecule is CC(C)(F)c1cc(CCCN)c2c(c1)OCO2. The zero-order chi connectivity index (χ0) is 12.5. The molecule has 0 unspecified atom stereocenters. The molecule has 3 nitrogen and oxygen atoms in total. The van der Waals surface area contributed by atoms with E-state index >= 15 is 0 Å². The molecule has 4 heteroatoms. The second-order valence-electron chi connectivity index (χ2n) is 4.73. The third-order valence-electron chi connectivity index (χ3n) is 2.89. The number of hydrogen-bond acceptors (Lipinski definition) is 3. The first-order valence-electron chi connectivity index (χ1n) is 5.84. The molecule has 2 rings (SSSR count). The van der Waals surface area contributed by atoms with Gasteiger partial charge in [-0.25, -0.2) is 4.39 Å². The lowest BCUT2D eigenvalue weighted by atomic mass is 9.95. The lowest BCUT2D eigenvalue weighted by Crippen LogP contribution is -2.10. The molecule has 0 spiro atoms.